The van der Waals surface area contributed by atoms with Gasteiger partial charge in [-0.05, 0) is 72.4 Å². The van der Waals surface area contributed by atoms with Crippen molar-refractivity contribution in [3.63, 3.8) is 0 Å². The second-order valence-electron chi connectivity index (χ2n) is 8.91. The van der Waals surface area contributed by atoms with Crippen LogP contribution in [-0.4, -0.2) is 0 Å². The van der Waals surface area contributed by atoms with Gasteiger partial charge in [-0.1, -0.05) is 72.7 Å². The van der Waals surface area contributed by atoms with Gasteiger partial charge < -0.3 is 0 Å². The molecule has 170 valence electrons. The van der Waals surface area contributed by atoms with Crippen molar-refractivity contribution in [3.8, 4) is 11.8 Å². The lowest BCUT2D eigenvalue weighted by molar-refractivity contribution is 0.265. The molecule has 0 bridgehead atoms. The Hall–Kier alpha value is -2.70. The molecule has 0 saturated heterocycles. The number of halogens is 4. The summed E-state index contributed by atoms with van der Waals surface area (Å²) in [5.41, 5.74) is 1.61. The van der Waals surface area contributed by atoms with Gasteiger partial charge in [0.1, 0.15) is 10.8 Å². The van der Waals surface area contributed by atoms with E-state index in [1.54, 1.807) is 0 Å². The van der Waals surface area contributed by atoms with Gasteiger partial charge in [0, 0.05) is 5.56 Å². The SMILES string of the molecule is C=CCC1CCC(CCc2ccc3c(C#Cc4cc(F)c(Cl)c(F)c4F)cccc3c2)CC1. The van der Waals surface area contributed by atoms with E-state index in [4.69, 9.17) is 11.6 Å². The van der Waals surface area contributed by atoms with Crippen LogP contribution in [0.3, 0.4) is 0 Å². The summed E-state index contributed by atoms with van der Waals surface area (Å²) in [4.78, 5) is 0. The lowest BCUT2D eigenvalue weighted by Crippen LogP contribution is -2.14. The fourth-order valence-electron chi connectivity index (χ4n) is 4.76. The van der Waals surface area contributed by atoms with Crippen molar-refractivity contribution in [2.45, 2.75) is 44.9 Å². The van der Waals surface area contributed by atoms with E-state index in [9.17, 15) is 13.2 Å². The molecule has 0 aliphatic heterocycles. The molecule has 1 saturated carbocycles. The maximum atomic E-state index is 14.1. The molecular formula is C29H26ClF3. The molecule has 0 heterocycles. The zero-order valence-electron chi connectivity index (χ0n) is 18.4. The minimum absolute atomic E-state index is 0.356. The molecule has 0 radical (unpaired) electrons. The van der Waals surface area contributed by atoms with E-state index in [0.717, 1.165) is 41.5 Å². The van der Waals surface area contributed by atoms with Gasteiger partial charge in [0.2, 0.25) is 0 Å². The maximum Gasteiger partial charge on any atom is 0.181 e. The quantitative estimate of drug-likeness (QED) is 0.153. The summed E-state index contributed by atoms with van der Waals surface area (Å²) in [7, 11) is 0. The number of hydrogen-bond donors (Lipinski definition) is 0. The van der Waals surface area contributed by atoms with Gasteiger partial charge >= 0.3 is 0 Å². The van der Waals surface area contributed by atoms with E-state index < -0.39 is 22.5 Å². The van der Waals surface area contributed by atoms with Gasteiger partial charge in [0.05, 0.1) is 5.56 Å². The number of hydrogen-bond acceptors (Lipinski definition) is 0. The molecule has 33 heavy (non-hydrogen) atoms. The van der Waals surface area contributed by atoms with Gasteiger partial charge in [0.25, 0.3) is 0 Å². The molecule has 1 fully saturated rings. The van der Waals surface area contributed by atoms with Crippen LogP contribution in [-0.2, 0) is 6.42 Å². The number of rotatable bonds is 5. The monoisotopic (exact) mass is 466 g/mol. The highest BCUT2D eigenvalue weighted by Gasteiger charge is 2.20. The number of fused-ring (bicyclic) bond motifs is 1. The molecule has 3 aromatic carbocycles. The molecule has 4 heteroatoms. The van der Waals surface area contributed by atoms with Gasteiger partial charge in [0.15, 0.2) is 11.6 Å². The highest BCUT2D eigenvalue weighted by atomic mass is 35.5. The fourth-order valence-corrected chi connectivity index (χ4v) is 4.90. The van der Waals surface area contributed by atoms with Gasteiger partial charge in [-0.2, -0.15) is 0 Å². The van der Waals surface area contributed by atoms with E-state index in [1.165, 1.54) is 37.7 Å². The van der Waals surface area contributed by atoms with Crippen LogP contribution in [0, 0.1) is 41.1 Å². The van der Waals surface area contributed by atoms with Crippen LogP contribution in [0.25, 0.3) is 10.8 Å². The van der Waals surface area contributed by atoms with Crippen LogP contribution in [0.1, 0.15) is 55.2 Å². The minimum Gasteiger partial charge on any atom is -0.205 e. The Labute approximate surface area is 198 Å². The van der Waals surface area contributed by atoms with Crippen LogP contribution in [0.5, 0.6) is 0 Å². The highest BCUT2D eigenvalue weighted by molar-refractivity contribution is 6.30. The molecular weight excluding hydrogens is 441 g/mol. The first kappa shape index (κ1) is 23.5. The largest absolute Gasteiger partial charge is 0.205 e. The summed E-state index contributed by atoms with van der Waals surface area (Å²) < 4.78 is 41.5. The number of aryl methyl sites for hydroxylation is 1. The van der Waals surface area contributed by atoms with Gasteiger partial charge in [-0.25, -0.2) is 13.2 Å². The van der Waals surface area contributed by atoms with Gasteiger partial charge in [-0.3, -0.25) is 0 Å². The second-order valence-corrected chi connectivity index (χ2v) is 9.29. The van der Waals surface area contributed by atoms with Crippen molar-refractivity contribution in [2.24, 2.45) is 11.8 Å². The normalized spacial score (nSPS) is 18.1. The summed E-state index contributed by atoms with van der Waals surface area (Å²) in [6.45, 7) is 3.86. The molecule has 0 amide bonds. The van der Waals surface area contributed by atoms with Crippen LogP contribution in [0.4, 0.5) is 13.2 Å². The Kier molecular flexibility index (Phi) is 7.46. The van der Waals surface area contributed by atoms with Crippen LogP contribution in [0.2, 0.25) is 5.02 Å². The van der Waals surface area contributed by atoms with Crippen molar-refractivity contribution in [1.82, 2.24) is 0 Å². The average molecular weight is 467 g/mol. The standard InChI is InChI=1S/C29H26ClF3/c1-2-4-19-7-9-20(10-8-19)11-12-21-13-16-25-22(5-3-6-23(25)17-21)14-15-24-18-26(31)27(30)29(33)28(24)32/h2-3,5-6,13,16-20H,1,4,7-12H2. The molecule has 1 aliphatic rings. The van der Waals surface area contributed by atoms with Crippen LogP contribution >= 0.6 is 11.6 Å². The molecule has 0 unspecified atom stereocenters. The maximum absolute atomic E-state index is 14.1. The highest BCUT2D eigenvalue weighted by Crippen LogP contribution is 2.33. The molecule has 0 atom stereocenters. The average Bonchev–Trinajstić information content (AvgIpc) is 2.83. The lowest BCUT2D eigenvalue weighted by Gasteiger charge is -2.27. The first-order chi connectivity index (χ1) is 16.0. The topological polar surface area (TPSA) is 0 Å². The van der Waals surface area contributed by atoms with Crippen molar-refractivity contribution >= 4 is 22.4 Å². The Balaban J connectivity index is 1.49. The van der Waals surface area contributed by atoms with Crippen molar-refractivity contribution < 1.29 is 13.2 Å². The molecule has 3 aromatic rings. The number of benzene rings is 3. The first-order valence-electron chi connectivity index (χ1n) is 11.4. The van der Waals surface area contributed by atoms with Crippen molar-refractivity contribution in [2.75, 3.05) is 0 Å². The molecule has 0 aromatic heterocycles. The summed E-state index contributed by atoms with van der Waals surface area (Å²) in [6, 6.07) is 12.8. The third-order valence-corrected chi connectivity index (χ3v) is 7.03. The van der Waals surface area contributed by atoms with E-state index in [0.29, 0.717) is 5.56 Å². The van der Waals surface area contributed by atoms with E-state index >= 15 is 0 Å². The molecule has 4 rings (SSSR count). The summed E-state index contributed by atoms with van der Waals surface area (Å²) >= 11 is 5.42. The lowest BCUT2D eigenvalue weighted by atomic mass is 9.78. The summed E-state index contributed by atoms with van der Waals surface area (Å²) in [5, 5.41) is 1.11. The molecule has 0 N–H and O–H groups in total. The van der Waals surface area contributed by atoms with Crippen LogP contribution < -0.4 is 0 Å². The van der Waals surface area contributed by atoms with E-state index in [2.05, 4.69) is 30.6 Å². The van der Waals surface area contributed by atoms with E-state index in [-0.39, 0.29) is 5.56 Å². The Bertz CT molecular complexity index is 1230. The second kappa shape index (κ2) is 10.5. The third kappa shape index (κ3) is 5.45. The van der Waals surface area contributed by atoms with E-state index in [1.807, 2.05) is 30.3 Å². The smallest absolute Gasteiger partial charge is 0.181 e. The summed E-state index contributed by atoms with van der Waals surface area (Å²) in [5.74, 6) is 3.33. The first-order valence-corrected chi connectivity index (χ1v) is 11.8. The fraction of sp³-hybridized carbons (Fsp3) is 0.310. The predicted molar refractivity (Wildman–Crippen MR) is 130 cm³/mol. The molecule has 1 aliphatic carbocycles. The molecule has 0 nitrogen and oxygen atoms in total. The minimum atomic E-state index is -1.42. The van der Waals surface area contributed by atoms with Crippen molar-refractivity contribution in [1.29, 1.82) is 0 Å². The van der Waals surface area contributed by atoms with Crippen molar-refractivity contribution in [3.05, 3.63) is 94.3 Å². The Morgan fingerprint density at radius 1 is 0.909 bits per heavy atom. The van der Waals surface area contributed by atoms with Crippen LogP contribution in [0.15, 0.2) is 55.1 Å². The zero-order chi connectivity index (χ0) is 23.4. The number of allylic oxidation sites excluding steroid dienone is 1. The predicted octanol–water partition coefficient (Wildman–Crippen LogP) is 8.63. The summed E-state index contributed by atoms with van der Waals surface area (Å²) in [6.07, 6.45) is 10.6. The Morgan fingerprint density at radius 3 is 2.39 bits per heavy atom. The molecule has 0 spiro atoms. The third-order valence-electron chi connectivity index (χ3n) is 6.69. The Morgan fingerprint density at radius 2 is 1.64 bits per heavy atom. The zero-order valence-corrected chi connectivity index (χ0v) is 19.2. The van der Waals surface area contributed by atoms with Gasteiger partial charge in [-0.15, -0.1) is 6.58 Å².